The summed E-state index contributed by atoms with van der Waals surface area (Å²) in [7, 11) is -2.43. The van der Waals surface area contributed by atoms with E-state index in [0.29, 0.717) is 10.6 Å². The van der Waals surface area contributed by atoms with E-state index in [0.717, 1.165) is 10.6 Å². The van der Waals surface area contributed by atoms with E-state index < -0.39 is 16.0 Å². The Morgan fingerprint density at radius 1 is 1.12 bits per heavy atom. The van der Waals surface area contributed by atoms with E-state index in [2.05, 4.69) is 4.74 Å². The highest BCUT2D eigenvalue weighted by atomic mass is 35.5. The molecule has 2 rings (SSSR count). The third-order valence-corrected chi connectivity index (χ3v) is 5.67. The van der Waals surface area contributed by atoms with Crippen molar-refractivity contribution in [3.05, 3.63) is 62.6 Å². The van der Waals surface area contributed by atoms with E-state index in [1.54, 1.807) is 18.2 Å². The molecule has 0 aliphatic carbocycles. The second-order valence-electron chi connectivity index (χ2n) is 5.14. The molecule has 0 spiro atoms. The zero-order valence-corrected chi connectivity index (χ0v) is 16.4. The van der Waals surface area contributed by atoms with Gasteiger partial charge in [0.05, 0.1) is 46.2 Å². The number of anilines is 1. The van der Waals surface area contributed by atoms with E-state index in [-0.39, 0.29) is 27.8 Å². The predicted molar refractivity (Wildman–Crippen MR) is 100 cm³/mol. The van der Waals surface area contributed by atoms with Crippen molar-refractivity contribution in [1.82, 2.24) is 0 Å². The molecule has 0 radical (unpaired) electrons. The number of sulfonamides is 1. The molecule has 0 aliphatic rings. The number of benzene rings is 2. The van der Waals surface area contributed by atoms with Crippen molar-refractivity contribution in [2.24, 2.45) is 0 Å². The number of carbonyl (C=O) groups is 1. The van der Waals surface area contributed by atoms with Gasteiger partial charge in [0, 0.05) is 0 Å². The van der Waals surface area contributed by atoms with E-state index >= 15 is 0 Å². The number of ether oxygens (including phenoxy) is 1. The maximum atomic E-state index is 12.3. The fourth-order valence-corrected chi connectivity index (χ4v) is 3.76. The summed E-state index contributed by atoms with van der Waals surface area (Å²) in [6, 6.07) is 9.17. The Morgan fingerprint density at radius 2 is 1.80 bits per heavy atom. The lowest BCUT2D eigenvalue weighted by Crippen LogP contribution is -2.29. The number of hydrogen-bond acceptors (Lipinski definition) is 4. The molecule has 9 heteroatoms. The Morgan fingerprint density at radius 3 is 2.36 bits per heavy atom. The van der Waals surface area contributed by atoms with Gasteiger partial charge in [0.1, 0.15) is 0 Å². The highest BCUT2D eigenvalue weighted by molar-refractivity contribution is 7.92. The van der Waals surface area contributed by atoms with Crippen molar-refractivity contribution in [2.45, 2.75) is 6.54 Å². The third kappa shape index (κ3) is 4.58. The van der Waals surface area contributed by atoms with Gasteiger partial charge in [0.25, 0.3) is 0 Å². The number of methoxy groups -OCH3 is 1. The predicted octanol–water partition coefficient (Wildman–Crippen LogP) is 4.40. The first-order valence-corrected chi connectivity index (χ1v) is 9.92. The molecule has 2 aromatic carbocycles. The van der Waals surface area contributed by atoms with Crippen LogP contribution >= 0.6 is 34.8 Å². The number of rotatable bonds is 5. The van der Waals surface area contributed by atoms with Crippen LogP contribution in [0.3, 0.4) is 0 Å². The molecule has 0 saturated heterocycles. The van der Waals surface area contributed by atoms with Crippen LogP contribution in [0.1, 0.15) is 15.9 Å². The number of esters is 1. The monoisotopic (exact) mass is 421 g/mol. The Bertz CT molecular complexity index is 916. The minimum Gasteiger partial charge on any atom is -0.465 e. The molecular formula is C16H14Cl3NO4S. The number of nitrogens with zero attached hydrogens (tertiary/aromatic N) is 1. The smallest absolute Gasteiger partial charge is 0.337 e. The van der Waals surface area contributed by atoms with Crippen LogP contribution in [0, 0.1) is 0 Å². The van der Waals surface area contributed by atoms with E-state index in [1.807, 2.05) is 0 Å². The molecule has 0 aliphatic heterocycles. The van der Waals surface area contributed by atoms with Crippen LogP contribution < -0.4 is 4.31 Å². The molecule has 0 aromatic heterocycles. The average molecular weight is 423 g/mol. The molecule has 2 aromatic rings. The van der Waals surface area contributed by atoms with Gasteiger partial charge in [0.15, 0.2) is 0 Å². The summed E-state index contributed by atoms with van der Waals surface area (Å²) < 4.78 is 30.2. The molecule has 0 saturated carbocycles. The maximum absolute atomic E-state index is 12.3. The standard InChI is InChI=1S/C16H14Cl3NO4S/c1-24-16(21)10-6-7-14(13(18)8-10)20(25(2,22)23)9-11-4-3-5-12(17)15(11)19/h3-8H,9H2,1-2H3. The molecule has 25 heavy (non-hydrogen) atoms. The Kier molecular flexibility index (Phi) is 6.21. The van der Waals surface area contributed by atoms with Gasteiger partial charge in [0.2, 0.25) is 10.0 Å². The summed E-state index contributed by atoms with van der Waals surface area (Å²) >= 11 is 18.3. The molecule has 0 unspecified atom stereocenters. The van der Waals surface area contributed by atoms with Crippen LogP contribution in [0.5, 0.6) is 0 Å². The van der Waals surface area contributed by atoms with Crippen LogP contribution in [0.25, 0.3) is 0 Å². The first-order valence-electron chi connectivity index (χ1n) is 6.93. The molecule has 0 N–H and O–H groups in total. The molecule has 0 amide bonds. The number of halogens is 3. The van der Waals surface area contributed by atoms with Gasteiger partial charge in [-0.15, -0.1) is 0 Å². The average Bonchev–Trinajstić information content (AvgIpc) is 2.55. The fraction of sp³-hybridized carbons (Fsp3) is 0.188. The van der Waals surface area contributed by atoms with Gasteiger partial charge >= 0.3 is 5.97 Å². The SMILES string of the molecule is COC(=O)c1ccc(N(Cc2cccc(Cl)c2Cl)S(C)(=O)=O)c(Cl)c1. The van der Waals surface area contributed by atoms with Crippen molar-refractivity contribution in [2.75, 3.05) is 17.7 Å². The van der Waals surface area contributed by atoms with Crippen LogP contribution in [-0.2, 0) is 21.3 Å². The summed E-state index contributed by atoms with van der Waals surface area (Å²) in [4.78, 5) is 11.6. The van der Waals surface area contributed by atoms with Crippen molar-refractivity contribution in [3.8, 4) is 0 Å². The van der Waals surface area contributed by atoms with Gasteiger partial charge in [-0.3, -0.25) is 4.31 Å². The lowest BCUT2D eigenvalue weighted by atomic mass is 10.2. The third-order valence-electron chi connectivity index (χ3n) is 3.38. The largest absolute Gasteiger partial charge is 0.465 e. The van der Waals surface area contributed by atoms with Gasteiger partial charge in [-0.05, 0) is 29.8 Å². The minimum absolute atomic E-state index is 0.0600. The Hall–Kier alpha value is -1.47. The van der Waals surface area contributed by atoms with Crippen molar-refractivity contribution in [1.29, 1.82) is 0 Å². The summed E-state index contributed by atoms with van der Waals surface area (Å²) in [5.74, 6) is -0.572. The molecule has 0 fully saturated rings. The quantitative estimate of drug-likeness (QED) is 0.670. The highest BCUT2D eigenvalue weighted by Gasteiger charge is 2.23. The van der Waals surface area contributed by atoms with Gasteiger partial charge in [-0.2, -0.15) is 0 Å². The topological polar surface area (TPSA) is 63.7 Å². The zero-order valence-electron chi connectivity index (χ0n) is 13.3. The van der Waals surface area contributed by atoms with Crippen molar-refractivity contribution in [3.63, 3.8) is 0 Å². The van der Waals surface area contributed by atoms with E-state index in [4.69, 9.17) is 34.8 Å². The number of hydrogen-bond donors (Lipinski definition) is 0. The molecule has 0 atom stereocenters. The first kappa shape index (κ1) is 19.8. The van der Waals surface area contributed by atoms with Crippen LogP contribution in [0.2, 0.25) is 15.1 Å². The van der Waals surface area contributed by atoms with E-state index in [9.17, 15) is 13.2 Å². The van der Waals surface area contributed by atoms with Gasteiger partial charge in [-0.1, -0.05) is 46.9 Å². The summed E-state index contributed by atoms with van der Waals surface area (Å²) in [6.07, 6.45) is 1.05. The first-order chi connectivity index (χ1) is 11.6. The molecule has 134 valence electrons. The van der Waals surface area contributed by atoms with Crippen molar-refractivity contribution >= 4 is 56.5 Å². The van der Waals surface area contributed by atoms with Gasteiger partial charge in [-0.25, -0.2) is 13.2 Å². The highest BCUT2D eigenvalue weighted by Crippen LogP contribution is 2.33. The maximum Gasteiger partial charge on any atom is 0.337 e. The second-order valence-corrected chi connectivity index (χ2v) is 8.24. The van der Waals surface area contributed by atoms with Crippen LogP contribution in [0.4, 0.5) is 5.69 Å². The summed E-state index contributed by atoms with van der Waals surface area (Å²) in [6.45, 7) is -0.0600. The normalized spacial score (nSPS) is 11.2. The molecule has 0 bridgehead atoms. The van der Waals surface area contributed by atoms with Crippen LogP contribution in [0.15, 0.2) is 36.4 Å². The fourth-order valence-electron chi connectivity index (χ4n) is 2.16. The zero-order chi connectivity index (χ0) is 18.8. The summed E-state index contributed by atoms with van der Waals surface area (Å²) in [5, 5.41) is 0.673. The molecular weight excluding hydrogens is 409 g/mol. The van der Waals surface area contributed by atoms with Crippen LogP contribution in [-0.4, -0.2) is 27.8 Å². The Labute approximate surface area is 161 Å². The van der Waals surface area contributed by atoms with Gasteiger partial charge < -0.3 is 4.74 Å². The minimum atomic E-state index is -3.68. The van der Waals surface area contributed by atoms with Crippen molar-refractivity contribution < 1.29 is 17.9 Å². The second kappa shape index (κ2) is 7.83. The Balaban J connectivity index is 2.49. The molecule has 5 nitrogen and oxygen atoms in total. The lowest BCUT2D eigenvalue weighted by molar-refractivity contribution is 0.0600. The lowest BCUT2D eigenvalue weighted by Gasteiger charge is -2.24. The number of carbonyl (C=O) groups excluding carboxylic acids is 1. The summed E-state index contributed by atoms with van der Waals surface area (Å²) in [5.41, 5.74) is 0.950. The molecule has 0 heterocycles. The van der Waals surface area contributed by atoms with E-state index in [1.165, 1.54) is 25.3 Å².